The average Bonchev–Trinajstić information content (AvgIpc) is 2.22. The first-order valence-electron chi connectivity index (χ1n) is 5.64. The van der Waals surface area contributed by atoms with E-state index in [2.05, 4.69) is 10.3 Å². The van der Waals surface area contributed by atoms with Gasteiger partial charge in [-0.2, -0.15) is 0 Å². The molecule has 0 saturated carbocycles. The quantitative estimate of drug-likeness (QED) is 0.624. The van der Waals surface area contributed by atoms with Crippen LogP contribution in [0.4, 0.5) is 0 Å². The molecule has 0 bridgehead atoms. The Labute approximate surface area is 103 Å². The molecule has 1 aromatic heterocycles. The monoisotopic (exact) mass is 253 g/mol. The van der Waals surface area contributed by atoms with E-state index in [0.29, 0.717) is 25.5 Å². The van der Waals surface area contributed by atoms with Crippen molar-refractivity contribution < 1.29 is 9.53 Å². The van der Waals surface area contributed by atoms with Crippen LogP contribution >= 0.6 is 0 Å². The first-order chi connectivity index (χ1) is 8.47. The molecule has 1 saturated heterocycles. The molecule has 0 radical (unpaired) electrons. The smallest absolute Gasteiger partial charge is 0.325 e. The summed E-state index contributed by atoms with van der Waals surface area (Å²) < 4.78 is 5.08. The zero-order chi connectivity index (χ0) is 13.2. The van der Waals surface area contributed by atoms with Crippen LogP contribution in [0, 0.1) is 5.41 Å². The van der Waals surface area contributed by atoms with Crippen molar-refractivity contribution >= 4 is 5.91 Å². The van der Waals surface area contributed by atoms with Crippen LogP contribution in [0.15, 0.2) is 15.7 Å². The van der Waals surface area contributed by atoms with Crippen molar-refractivity contribution in [3.8, 4) is 0 Å². The van der Waals surface area contributed by atoms with Crippen LogP contribution in [0.3, 0.4) is 0 Å². The van der Waals surface area contributed by atoms with E-state index >= 15 is 0 Å². The lowest BCUT2D eigenvalue weighted by Crippen LogP contribution is -2.48. The van der Waals surface area contributed by atoms with Crippen LogP contribution in [0.2, 0.25) is 0 Å². The molecular formula is C11H15N3O4. The molecule has 1 aliphatic heterocycles. The summed E-state index contributed by atoms with van der Waals surface area (Å²) in [4.78, 5) is 38.1. The van der Waals surface area contributed by atoms with E-state index in [1.165, 1.54) is 6.07 Å². The molecule has 1 aromatic rings. The van der Waals surface area contributed by atoms with Crippen LogP contribution in [-0.2, 0) is 16.0 Å². The van der Waals surface area contributed by atoms with Crippen LogP contribution in [0.1, 0.15) is 12.6 Å². The molecule has 0 spiro atoms. The highest BCUT2D eigenvalue weighted by molar-refractivity contribution is 5.78. The van der Waals surface area contributed by atoms with E-state index in [0.717, 1.165) is 0 Å². The number of hydrogen-bond acceptors (Lipinski definition) is 4. The fraction of sp³-hybridized carbons (Fsp3) is 0.545. The normalized spacial score (nSPS) is 16.9. The van der Waals surface area contributed by atoms with Gasteiger partial charge in [-0.25, -0.2) is 4.79 Å². The van der Waals surface area contributed by atoms with E-state index in [1.54, 1.807) is 0 Å². The summed E-state index contributed by atoms with van der Waals surface area (Å²) in [6.07, 6.45) is -0.0178. The predicted molar refractivity (Wildman–Crippen MR) is 63.3 cm³/mol. The maximum Gasteiger partial charge on any atom is 0.325 e. The van der Waals surface area contributed by atoms with Crippen molar-refractivity contribution in [1.29, 1.82) is 0 Å². The van der Waals surface area contributed by atoms with Gasteiger partial charge in [-0.1, -0.05) is 6.92 Å². The van der Waals surface area contributed by atoms with Gasteiger partial charge in [0.2, 0.25) is 5.91 Å². The molecule has 0 unspecified atom stereocenters. The zero-order valence-electron chi connectivity index (χ0n) is 10.0. The molecular weight excluding hydrogens is 238 g/mol. The molecule has 0 aromatic carbocycles. The van der Waals surface area contributed by atoms with E-state index in [4.69, 9.17) is 4.74 Å². The van der Waals surface area contributed by atoms with Gasteiger partial charge in [0.1, 0.15) is 0 Å². The second-order valence-electron chi connectivity index (χ2n) is 4.87. The number of amides is 1. The molecule has 3 N–H and O–H groups in total. The van der Waals surface area contributed by atoms with Gasteiger partial charge >= 0.3 is 5.69 Å². The summed E-state index contributed by atoms with van der Waals surface area (Å²) >= 11 is 0. The Morgan fingerprint density at radius 1 is 1.44 bits per heavy atom. The van der Waals surface area contributed by atoms with E-state index < -0.39 is 11.2 Å². The van der Waals surface area contributed by atoms with Gasteiger partial charge < -0.3 is 15.0 Å². The van der Waals surface area contributed by atoms with Crippen molar-refractivity contribution in [2.24, 2.45) is 5.41 Å². The Bertz CT molecular complexity index is 528. The largest absolute Gasteiger partial charge is 0.380 e. The van der Waals surface area contributed by atoms with Gasteiger partial charge in [-0.3, -0.25) is 14.6 Å². The van der Waals surface area contributed by atoms with Crippen molar-refractivity contribution in [2.75, 3.05) is 19.8 Å². The molecule has 2 rings (SSSR count). The highest BCUT2D eigenvalue weighted by Gasteiger charge is 2.33. The summed E-state index contributed by atoms with van der Waals surface area (Å²) in [6, 6.07) is 1.20. The lowest BCUT2D eigenvalue weighted by molar-refractivity contribution is -0.126. The van der Waals surface area contributed by atoms with Crippen LogP contribution in [0.25, 0.3) is 0 Å². The fourth-order valence-electron chi connectivity index (χ4n) is 1.71. The number of aromatic amines is 2. The highest BCUT2D eigenvalue weighted by atomic mass is 16.5. The first kappa shape index (κ1) is 12.6. The summed E-state index contributed by atoms with van der Waals surface area (Å²) in [6.45, 7) is 3.81. The molecule has 7 heteroatoms. The van der Waals surface area contributed by atoms with Crippen LogP contribution < -0.4 is 16.6 Å². The van der Waals surface area contributed by atoms with Crippen molar-refractivity contribution in [2.45, 2.75) is 13.3 Å². The van der Waals surface area contributed by atoms with Gasteiger partial charge in [0.25, 0.3) is 5.56 Å². The van der Waals surface area contributed by atoms with Gasteiger partial charge in [-0.15, -0.1) is 0 Å². The van der Waals surface area contributed by atoms with E-state index in [-0.39, 0.29) is 17.7 Å². The minimum absolute atomic E-state index is 0.00275. The number of carbonyl (C=O) groups is 1. The zero-order valence-corrected chi connectivity index (χ0v) is 10.0. The number of aromatic nitrogens is 2. The summed E-state index contributed by atoms with van der Waals surface area (Å²) in [5, 5.41) is 2.76. The Kier molecular flexibility index (Phi) is 3.33. The van der Waals surface area contributed by atoms with Crippen molar-refractivity contribution in [3.05, 3.63) is 32.6 Å². The fourth-order valence-corrected chi connectivity index (χ4v) is 1.71. The van der Waals surface area contributed by atoms with Crippen LogP contribution in [-0.4, -0.2) is 35.6 Å². The summed E-state index contributed by atoms with van der Waals surface area (Å²) in [7, 11) is 0. The van der Waals surface area contributed by atoms with Gasteiger partial charge in [-0.05, 0) is 0 Å². The highest BCUT2D eigenvalue weighted by Crippen LogP contribution is 2.24. The molecule has 0 atom stereocenters. The third kappa shape index (κ3) is 3.07. The maximum absolute atomic E-state index is 11.6. The van der Waals surface area contributed by atoms with Crippen molar-refractivity contribution in [3.63, 3.8) is 0 Å². The third-order valence-corrected chi connectivity index (χ3v) is 2.78. The number of hydrogen-bond donors (Lipinski definition) is 3. The summed E-state index contributed by atoms with van der Waals surface area (Å²) in [5.74, 6) is -0.232. The van der Waals surface area contributed by atoms with Gasteiger partial charge in [0, 0.05) is 23.7 Å². The summed E-state index contributed by atoms with van der Waals surface area (Å²) in [5.41, 5.74) is -0.821. The van der Waals surface area contributed by atoms with E-state index in [9.17, 15) is 14.4 Å². The maximum atomic E-state index is 11.6. The topological polar surface area (TPSA) is 104 Å². The second kappa shape index (κ2) is 4.77. The Balaban J connectivity index is 1.90. The molecule has 98 valence electrons. The van der Waals surface area contributed by atoms with E-state index in [1.807, 2.05) is 11.9 Å². The van der Waals surface area contributed by atoms with Crippen molar-refractivity contribution in [1.82, 2.24) is 15.3 Å². The lowest BCUT2D eigenvalue weighted by atomic mass is 9.89. The Morgan fingerprint density at radius 3 is 2.72 bits per heavy atom. The Morgan fingerprint density at radius 2 is 2.17 bits per heavy atom. The average molecular weight is 253 g/mol. The van der Waals surface area contributed by atoms with Crippen LogP contribution in [0.5, 0.6) is 0 Å². The molecule has 1 fully saturated rings. The number of ether oxygens (including phenoxy) is 1. The lowest BCUT2D eigenvalue weighted by Gasteiger charge is -2.38. The molecule has 18 heavy (non-hydrogen) atoms. The van der Waals surface area contributed by atoms with Gasteiger partial charge in [0.15, 0.2) is 0 Å². The number of carbonyl (C=O) groups excluding carboxylic acids is 1. The molecule has 2 heterocycles. The molecule has 1 aliphatic rings. The minimum Gasteiger partial charge on any atom is -0.380 e. The number of H-pyrrole nitrogens is 2. The molecule has 1 amide bonds. The predicted octanol–water partition coefficient (Wildman–Crippen LogP) is -1.24. The standard InChI is InChI=1S/C11H15N3O4/c1-11(5-18-6-11)4-12-8(15)2-7-3-9(16)14-10(17)13-7/h3H,2,4-6H2,1H3,(H,12,15)(H2,13,14,16,17). The number of rotatable bonds is 4. The SMILES string of the molecule is CC1(CNC(=O)Cc2cc(=O)[nH]c(=O)[nH]2)COC1. The second-order valence-corrected chi connectivity index (χ2v) is 4.87. The minimum atomic E-state index is -0.607. The van der Waals surface area contributed by atoms with Gasteiger partial charge in [0.05, 0.1) is 19.6 Å². The molecule has 0 aliphatic carbocycles. The number of nitrogens with one attached hydrogen (secondary N) is 3. The third-order valence-electron chi connectivity index (χ3n) is 2.78. The Hall–Kier alpha value is -1.89. The molecule has 7 nitrogen and oxygen atoms in total. The first-order valence-corrected chi connectivity index (χ1v) is 5.64.